The van der Waals surface area contributed by atoms with Gasteiger partial charge in [-0.25, -0.2) is 0 Å². The first-order chi connectivity index (χ1) is 7.15. The van der Waals surface area contributed by atoms with Gasteiger partial charge in [0, 0.05) is 12.2 Å². The summed E-state index contributed by atoms with van der Waals surface area (Å²) >= 11 is 0. The zero-order valence-electron chi connectivity index (χ0n) is 10.1. The molecule has 1 aromatic carbocycles. The molecule has 0 saturated carbocycles. The monoisotopic (exact) mass is 203 g/mol. The zero-order valence-corrected chi connectivity index (χ0v) is 10.1. The van der Waals surface area contributed by atoms with E-state index in [1.54, 1.807) is 0 Å². The maximum atomic E-state index is 3.97. The van der Waals surface area contributed by atoms with Gasteiger partial charge in [0.1, 0.15) is 0 Å². The Kier molecular flexibility index (Phi) is 4.41. The molecule has 0 fully saturated rings. The van der Waals surface area contributed by atoms with Gasteiger partial charge in [-0.1, -0.05) is 31.6 Å². The molecule has 1 heteroatoms. The highest BCUT2D eigenvalue weighted by Crippen LogP contribution is 2.20. The van der Waals surface area contributed by atoms with Crippen LogP contribution in [-0.2, 0) is 0 Å². The quantitative estimate of drug-likeness (QED) is 0.706. The van der Waals surface area contributed by atoms with Crippen molar-refractivity contribution in [3.63, 3.8) is 0 Å². The Labute approximate surface area is 93.2 Å². The molecule has 0 heterocycles. The summed E-state index contributed by atoms with van der Waals surface area (Å²) in [6.45, 7) is 11.4. The third kappa shape index (κ3) is 3.43. The van der Waals surface area contributed by atoms with Gasteiger partial charge >= 0.3 is 0 Å². The minimum absolute atomic E-state index is 1.06. The summed E-state index contributed by atoms with van der Waals surface area (Å²) in [6.07, 6.45) is 2.46. The standard InChI is InChI=1S/C14H21N/c1-5-6-9-15-13-7-8-14(11(2)3)12(4)10-13/h7-8,10,15H,2,5-6,9H2,1,3-4H3. The molecule has 0 aliphatic heterocycles. The molecule has 1 nitrogen and oxygen atoms in total. The number of hydrogen-bond acceptors (Lipinski definition) is 1. The normalized spacial score (nSPS) is 10.1. The van der Waals surface area contributed by atoms with Crippen molar-refractivity contribution in [1.82, 2.24) is 0 Å². The second-order valence-electron chi connectivity index (χ2n) is 4.09. The van der Waals surface area contributed by atoms with Crippen molar-refractivity contribution in [2.45, 2.75) is 33.6 Å². The first kappa shape index (κ1) is 11.8. The Morgan fingerprint density at radius 3 is 2.67 bits per heavy atom. The molecule has 82 valence electrons. The van der Waals surface area contributed by atoms with Crippen LogP contribution in [-0.4, -0.2) is 6.54 Å². The van der Waals surface area contributed by atoms with Crippen LogP contribution in [0.2, 0.25) is 0 Å². The third-order valence-electron chi connectivity index (χ3n) is 2.55. The third-order valence-corrected chi connectivity index (χ3v) is 2.55. The van der Waals surface area contributed by atoms with Crippen LogP contribution in [0.15, 0.2) is 24.8 Å². The average molecular weight is 203 g/mol. The molecule has 1 N–H and O–H groups in total. The second kappa shape index (κ2) is 5.59. The Hall–Kier alpha value is -1.24. The number of allylic oxidation sites excluding steroid dienone is 1. The molecule has 1 aromatic rings. The van der Waals surface area contributed by atoms with Gasteiger partial charge in [-0.3, -0.25) is 0 Å². The van der Waals surface area contributed by atoms with E-state index < -0.39 is 0 Å². The van der Waals surface area contributed by atoms with E-state index in [0.29, 0.717) is 0 Å². The molecule has 0 radical (unpaired) electrons. The van der Waals surface area contributed by atoms with Gasteiger partial charge in [0.25, 0.3) is 0 Å². The fraction of sp³-hybridized carbons (Fsp3) is 0.429. The van der Waals surface area contributed by atoms with Crippen molar-refractivity contribution in [2.75, 3.05) is 11.9 Å². The van der Waals surface area contributed by atoms with Crippen LogP contribution in [0.4, 0.5) is 5.69 Å². The van der Waals surface area contributed by atoms with Crippen LogP contribution >= 0.6 is 0 Å². The number of hydrogen-bond donors (Lipinski definition) is 1. The lowest BCUT2D eigenvalue weighted by Crippen LogP contribution is -2.01. The molecular formula is C14H21N. The van der Waals surface area contributed by atoms with Gasteiger partial charge in [-0.15, -0.1) is 0 Å². The number of unbranched alkanes of at least 4 members (excludes halogenated alkanes) is 1. The molecule has 0 bridgehead atoms. The highest BCUT2D eigenvalue weighted by Gasteiger charge is 1.99. The Morgan fingerprint density at radius 1 is 1.40 bits per heavy atom. The second-order valence-corrected chi connectivity index (χ2v) is 4.09. The minimum Gasteiger partial charge on any atom is -0.385 e. The van der Waals surface area contributed by atoms with Crippen LogP contribution in [0.3, 0.4) is 0 Å². The van der Waals surface area contributed by atoms with Crippen LogP contribution in [0.1, 0.15) is 37.8 Å². The maximum Gasteiger partial charge on any atom is 0.0343 e. The number of benzene rings is 1. The van der Waals surface area contributed by atoms with Crippen molar-refractivity contribution in [2.24, 2.45) is 0 Å². The van der Waals surface area contributed by atoms with E-state index in [0.717, 1.165) is 12.1 Å². The lowest BCUT2D eigenvalue weighted by molar-refractivity contribution is 0.834. The molecule has 0 spiro atoms. The summed E-state index contributed by atoms with van der Waals surface area (Å²) in [4.78, 5) is 0. The molecule has 0 aliphatic carbocycles. The van der Waals surface area contributed by atoms with Crippen molar-refractivity contribution in [3.8, 4) is 0 Å². The maximum absolute atomic E-state index is 3.97. The Balaban J connectivity index is 2.69. The van der Waals surface area contributed by atoms with Crippen molar-refractivity contribution < 1.29 is 0 Å². The van der Waals surface area contributed by atoms with Gasteiger partial charge in [-0.2, -0.15) is 0 Å². The first-order valence-corrected chi connectivity index (χ1v) is 5.65. The van der Waals surface area contributed by atoms with Crippen molar-refractivity contribution in [1.29, 1.82) is 0 Å². The highest BCUT2D eigenvalue weighted by molar-refractivity contribution is 5.67. The average Bonchev–Trinajstić information content (AvgIpc) is 2.17. The van der Waals surface area contributed by atoms with Crippen molar-refractivity contribution >= 4 is 11.3 Å². The molecule has 15 heavy (non-hydrogen) atoms. The first-order valence-electron chi connectivity index (χ1n) is 5.65. The molecule has 0 saturated heterocycles. The molecule has 0 amide bonds. The van der Waals surface area contributed by atoms with E-state index >= 15 is 0 Å². The molecule has 0 aromatic heterocycles. The minimum atomic E-state index is 1.06. The molecule has 0 unspecified atom stereocenters. The number of aryl methyl sites for hydroxylation is 1. The van der Waals surface area contributed by atoms with E-state index in [9.17, 15) is 0 Å². The van der Waals surface area contributed by atoms with Gasteiger partial charge in [0.15, 0.2) is 0 Å². The summed E-state index contributed by atoms with van der Waals surface area (Å²) in [5, 5.41) is 3.42. The lowest BCUT2D eigenvalue weighted by Gasteiger charge is -2.10. The van der Waals surface area contributed by atoms with E-state index in [1.807, 2.05) is 6.92 Å². The van der Waals surface area contributed by atoms with Gasteiger partial charge in [0.2, 0.25) is 0 Å². The summed E-state index contributed by atoms with van der Waals surface area (Å²) in [7, 11) is 0. The van der Waals surface area contributed by atoms with Crippen LogP contribution in [0.5, 0.6) is 0 Å². The lowest BCUT2D eigenvalue weighted by atomic mass is 10.0. The summed E-state index contributed by atoms with van der Waals surface area (Å²) in [5.74, 6) is 0. The predicted octanol–water partition coefficient (Wildman–Crippen LogP) is 4.24. The predicted molar refractivity (Wildman–Crippen MR) is 69.3 cm³/mol. The largest absolute Gasteiger partial charge is 0.385 e. The summed E-state index contributed by atoms with van der Waals surface area (Å²) in [5.41, 5.74) is 4.90. The molecule has 0 atom stereocenters. The number of rotatable bonds is 5. The fourth-order valence-electron chi connectivity index (χ4n) is 1.66. The van der Waals surface area contributed by atoms with Crippen LogP contribution in [0.25, 0.3) is 5.57 Å². The Morgan fingerprint density at radius 2 is 2.13 bits per heavy atom. The molecule has 0 aliphatic rings. The van der Waals surface area contributed by atoms with E-state index in [4.69, 9.17) is 0 Å². The topological polar surface area (TPSA) is 12.0 Å². The zero-order chi connectivity index (χ0) is 11.3. The summed E-state index contributed by atoms with van der Waals surface area (Å²) in [6, 6.07) is 6.47. The van der Waals surface area contributed by atoms with Crippen LogP contribution < -0.4 is 5.32 Å². The van der Waals surface area contributed by atoms with Gasteiger partial charge in [0.05, 0.1) is 0 Å². The van der Waals surface area contributed by atoms with E-state index in [2.05, 4.69) is 43.9 Å². The van der Waals surface area contributed by atoms with E-state index in [1.165, 1.54) is 29.7 Å². The molecule has 1 rings (SSSR count). The summed E-state index contributed by atoms with van der Waals surface area (Å²) < 4.78 is 0. The molecular weight excluding hydrogens is 182 g/mol. The smallest absolute Gasteiger partial charge is 0.0343 e. The van der Waals surface area contributed by atoms with Crippen molar-refractivity contribution in [3.05, 3.63) is 35.9 Å². The fourth-order valence-corrected chi connectivity index (χ4v) is 1.66. The number of nitrogens with one attached hydrogen (secondary N) is 1. The van der Waals surface area contributed by atoms with Crippen LogP contribution in [0, 0.1) is 6.92 Å². The number of anilines is 1. The Bertz CT molecular complexity index is 339. The highest BCUT2D eigenvalue weighted by atomic mass is 14.9. The van der Waals surface area contributed by atoms with E-state index in [-0.39, 0.29) is 0 Å². The van der Waals surface area contributed by atoms with Gasteiger partial charge < -0.3 is 5.32 Å². The SMILES string of the molecule is C=C(C)c1ccc(NCCCC)cc1C. The van der Waals surface area contributed by atoms with Gasteiger partial charge in [-0.05, 0) is 43.5 Å².